The molecule has 5 rings (SSSR count). The molecular formula is C23H22FN5O5. The number of halogens is 1. The van der Waals surface area contributed by atoms with Crippen LogP contribution in [0.25, 0.3) is 10.9 Å². The van der Waals surface area contributed by atoms with E-state index in [0.29, 0.717) is 43.1 Å². The highest BCUT2D eigenvalue weighted by molar-refractivity contribution is 5.93. The first kappa shape index (κ1) is 21.7. The van der Waals surface area contributed by atoms with E-state index >= 15 is 4.39 Å². The van der Waals surface area contributed by atoms with Crippen LogP contribution in [0.15, 0.2) is 51.0 Å². The second kappa shape index (κ2) is 8.65. The fourth-order valence-electron chi connectivity index (χ4n) is 4.15. The molecule has 1 saturated heterocycles. The number of anilines is 1. The number of nitrogens with zero attached hydrogens (tertiary/aromatic N) is 4. The molecule has 2 aliphatic rings. The van der Waals surface area contributed by atoms with Crippen molar-refractivity contribution in [1.82, 2.24) is 14.9 Å². The van der Waals surface area contributed by atoms with Crippen LogP contribution in [0.1, 0.15) is 35.0 Å². The van der Waals surface area contributed by atoms with Crippen molar-refractivity contribution in [2.75, 3.05) is 31.1 Å². The Balaban J connectivity index is 1.34. The molecule has 176 valence electrons. The number of hydrogen-bond donors (Lipinski definition) is 2. The Morgan fingerprint density at radius 1 is 1.21 bits per heavy atom. The van der Waals surface area contributed by atoms with Gasteiger partial charge in [-0.05, 0) is 37.1 Å². The summed E-state index contributed by atoms with van der Waals surface area (Å²) < 4.78 is 21.9. The monoisotopic (exact) mass is 467 g/mol. The number of urea groups is 1. The molecule has 10 nitrogen and oxygen atoms in total. The van der Waals surface area contributed by atoms with Gasteiger partial charge in [0.15, 0.2) is 0 Å². The number of nitrogens with one attached hydrogen (secondary N) is 1. The van der Waals surface area contributed by atoms with Crippen molar-refractivity contribution < 1.29 is 23.5 Å². The third kappa shape index (κ3) is 4.12. The van der Waals surface area contributed by atoms with E-state index in [4.69, 9.17) is 4.42 Å². The molecule has 11 heteroatoms. The topological polar surface area (TPSA) is 120 Å². The molecule has 2 amide bonds. The molecule has 1 aromatic carbocycles. The number of fused-ring (bicyclic) bond motifs is 1. The summed E-state index contributed by atoms with van der Waals surface area (Å²) in [6.45, 7) is 1.48. The quantitative estimate of drug-likeness (QED) is 0.440. The second-order valence-electron chi connectivity index (χ2n) is 8.30. The summed E-state index contributed by atoms with van der Waals surface area (Å²) in [6.07, 6.45) is 6.01. The fraction of sp³-hybridized carbons (Fsp3) is 0.304. The van der Waals surface area contributed by atoms with Crippen molar-refractivity contribution in [3.8, 4) is 0 Å². The molecule has 0 radical (unpaired) electrons. The number of rotatable bonds is 5. The first-order valence-electron chi connectivity index (χ1n) is 10.9. The zero-order valence-electron chi connectivity index (χ0n) is 18.1. The standard InChI is InChI=1S/C23H22FN5O5/c24-18-10-16-19(29(14-3-4-14)13-17(21(16)30)22(31)32)11-20(18)27-5-7-28(8-6-27)23(33)26-25-12-15-2-1-9-34-15/h1-2,9-14H,3-8H2,(H,26,33)(H,31,32)/b25-12+. The maximum Gasteiger partial charge on any atom is 0.341 e. The number of furan rings is 1. The zero-order chi connectivity index (χ0) is 23.8. The number of aromatic nitrogens is 1. The summed E-state index contributed by atoms with van der Waals surface area (Å²) in [5.41, 5.74) is 2.23. The zero-order valence-corrected chi connectivity index (χ0v) is 18.1. The Morgan fingerprint density at radius 3 is 2.62 bits per heavy atom. The number of carbonyl (C=O) groups excluding carboxylic acids is 1. The molecule has 1 aliphatic carbocycles. The predicted octanol–water partition coefficient (Wildman–Crippen LogP) is 2.63. The van der Waals surface area contributed by atoms with Crippen molar-refractivity contribution in [3.63, 3.8) is 0 Å². The second-order valence-corrected chi connectivity index (χ2v) is 8.30. The predicted molar refractivity (Wildman–Crippen MR) is 122 cm³/mol. The van der Waals surface area contributed by atoms with Crippen molar-refractivity contribution in [3.05, 3.63) is 64.1 Å². The molecule has 0 bridgehead atoms. The largest absolute Gasteiger partial charge is 0.477 e. The molecule has 2 N–H and O–H groups in total. The van der Waals surface area contributed by atoms with E-state index in [2.05, 4.69) is 10.5 Å². The first-order chi connectivity index (χ1) is 16.4. The fourth-order valence-corrected chi connectivity index (χ4v) is 4.15. The SMILES string of the molecule is O=C(O)c1cn(C2CC2)c2cc(N3CCN(C(=O)N/N=C/c4ccco4)CC3)c(F)cc2c1=O. The van der Waals surface area contributed by atoms with Crippen molar-refractivity contribution in [2.45, 2.75) is 18.9 Å². The number of carbonyl (C=O) groups is 2. The Labute approximate surface area is 192 Å². The van der Waals surface area contributed by atoms with E-state index in [1.165, 1.54) is 18.7 Å². The van der Waals surface area contributed by atoms with Crippen LogP contribution < -0.4 is 15.8 Å². The lowest BCUT2D eigenvalue weighted by Gasteiger charge is -2.36. The summed E-state index contributed by atoms with van der Waals surface area (Å²) in [5, 5.41) is 13.3. The maximum absolute atomic E-state index is 15.1. The normalized spacial score (nSPS) is 16.4. The highest BCUT2D eigenvalue weighted by Gasteiger charge is 2.29. The molecule has 3 heterocycles. The number of amides is 2. The molecule has 2 fully saturated rings. The van der Waals surface area contributed by atoms with E-state index in [1.54, 1.807) is 27.7 Å². The molecule has 3 aromatic rings. The van der Waals surface area contributed by atoms with E-state index in [0.717, 1.165) is 18.9 Å². The van der Waals surface area contributed by atoms with Gasteiger partial charge in [-0.25, -0.2) is 19.4 Å². The van der Waals surface area contributed by atoms with E-state index < -0.39 is 17.2 Å². The lowest BCUT2D eigenvalue weighted by molar-refractivity contribution is 0.0694. The highest BCUT2D eigenvalue weighted by Crippen LogP contribution is 2.38. The van der Waals surface area contributed by atoms with Crippen LogP contribution in [0.3, 0.4) is 0 Å². The number of pyridine rings is 1. The van der Waals surface area contributed by atoms with E-state index in [9.17, 15) is 19.5 Å². The van der Waals surface area contributed by atoms with Gasteiger partial charge in [-0.3, -0.25) is 4.79 Å². The van der Waals surface area contributed by atoms with Gasteiger partial charge in [0.2, 0.25) is 5.43 Å². The molecule has 2 aromatic heterocycles. The van der Waals surface area contributed by atoms with Gasteiger partial charge in [0, 0.05) is 43.8 Å². The van der Waals surface area contributed by atoms with Gasteiger partial charge in [-0.15, -0.1) is 0 Å². The number of piperazine rings is 1. The number of benzene rings is 1. The van der Waals surface area contributed by atoms with Gasteiger partial charge in [0.1, 0.15) is 17.1 Å². The van der Waals surface area contributed by atoms with Crippen LogP contribution >= 0.6 is 0 Å². The number of hydrazone groups is 1. The third-order valence-corrected chi connectivity index (χ3v) is 6.07. The lowest BCUT2D eigenvalue weighted by Crippen LogP contribution is -2.51. The smallest absolute Gasteiger partial charge is 0.341 e. The number of aromatic carboxylic acids is 1. The van der Waals surface area contributed by atoms with Crippen LogP contribution in [0.4, 0.5) is 14.9 Å². The van der Waals surface area contributed by atoms with Gasteiger partial charge in [0.25, 0.3) is 0 Å². The third-order valence-electron chi connectivity index (χ3n) is 6.07. The summed E-state index contributed by atoms with van der Waals surface area (Å²) in [5.74, 6) is -1.42. The summed E-state index contributed by atoms with van der Waals surface area (Å²) >= 11 is 0. The lowest BCUT2D eigenvalue weighted by atomic mass is 10.1. The molecule has 1 aliphatic heterocycles. The van der Waals surface area contributed by atoms with Gasteiger partial charge in [0.05, 0.1) is 23.7 Å². The maximum atomic E-state index is 15.1. The van der Waals surface area contributed by atoms with Gasteiger partial charge >= 0.3 is 12.0 Å². The summed E-state index contributed by atoms with van der Waals surface area (Å²) in [6, 6.07) is 5.88. The molecular weight excluding hydrogens is 445 g/mol. The van der Waals surface area contributed by atoms with Gasteiger partial charge in [-0.2, -0.15) is 5.10 Å². The average Bonchev–Trinajstić information content (AvgIpc) is 3.54. The molecule has 0 atom stereocenters. The minimum Gasteiger partial charge on any atom is -0.477 e. The highest BCUT2D eigenvalue weighted by atomic mass is 19.1. The molecule has 34 heavy (non-hydrogen) atoms. The van der Waals surface area contributed by atoms with Crippen molar-refractivity contribution >= 4 is 34.8 Å². The van der Waals surface area contributed by atoms with E-state index in [-0.39, 0.29) is 23.0 Å². The number of carboxylic acids is 1. The Hall–Kier alpha value is -4.15. The van der Waals surface area contributed by atoms with Crippen LogP contribution in [0.2, 0.25) is 0 Å². The Kier molecular flexibility index (Phi) is 5.52. The van der Waals surface area contributed by atoms with E-state index in [1.807, 2.05) is 4.90 Å². The van der Waals surface area contributed by atoms with Crippen LogP contribution in [0.5, 0.6) is 0 Å². The Bertz CT molecular complexity index is 1340. The molecule has 1 saturated carbocycles. The van der Waals surface area contributed by atoms with Crippen LogP contribution in [-0.4, -0.2) is 59.0 Å². The minimum atomic E-state index is -1.33. The van der Waals surface area contributed by atoms with Crippen LogP contribution in [-0.2, 0) is 0 Å². The molecule has 0 unspecified atom stereocenters. The Morgan fingerprint density at radius 2 is 1.97 bits per heavy atom. The van der Waals surface area contributed by atoms with Crippen LogP contribution in [0, 0.1) is 5.82 Å². The van der Waals surface area contributed by atoms with Crippen molar-refractivity contribution in [1.29, 1.82) is 0 Å². The molecule has 0 spiro atoms. The summed E-state index contributed by atoms with van der Waals surface area (Å²) in [4.78, 5) is 39.9. The average molecular weight is 467 g/mol. The number of hydrogen-bond acceptors (Lipinski definition) is 6. The van der Waals surface area contributed by atoms with Gasteiger partial charge < -0.3 is 23.9 Å². The minimum absolute atomic E-state index is 0.0560. The van der Waals surface area contributed by atoms with Gasteiger partial charge in [-0.1, -0.05) is 0 Å². The van der Waals surface area contributed by atoms with Crippen molar-refractivity contribution in [2.24, 2.45) is 5.10 Å². The first-order valence-corrected chi connectivity index (χ1v) is 10.9. The summed E-state index contributed by atoms with van der Waals surface area (Å²) in [7, 11) is 0. The number of carboxylic acid groups (broad SMARTS) is 1.